The summed E-state index contributed by atoms with van der Waals surface area (Å²) in [5, 5.41) is 1.93. The number of thiophene rings is 1. The molecular weight excluding hydrogens is 383 g/mol. The molecule has 0 bridgehead atoms. The molecule has 1 aliphatic rings. The number of benzene rings is 1. The van der Waals surface area contributed by atoms with Gasteiger partial charge in [-0.05, 0) is 34.7 Å². The van der Waals surface area contributed by atoms with Gasteiger partial charge in [-0.25, -0.2) is 9.38 Å². The van der Waals surface area contributed by atoms with Gasteiger partial charge in [0.05, 0.1) is 5.69 Å². The largest absolute Gasteiger partial charge is 0.396 e. The molecule has 120 valence electrons. The molecule has 1 amide bonds. The van der Waals surface area contributed by atoms with Crippen LogP contribution < -0.4 is 11.5 Å². The molecular formula is C15H14BrFN4OS. The molecule has 2 aromatic rings. The Balaban J connectivity index is 1.95. The van der Waals surface area contributed by atoms with Crippen LogP contribution in [0, 0.1) is 5.82 Å². The first-order valence-corrected chi connectivity index (χ1v) is 8.56. The van der Waals surface area contributed by atoms with E-state index in [0.717, 1.165) is 16.0 Å². The van der Waals surface area contributed by atoms with E-state index in [-0.39, 0.29) is 23.6 Å². The first-order chi connectivity index (χ1) is 10.9. The van der Waals surface area contributed by atoms with Crippen molar-refractivity contribution in [2.45, 2.75) is 10.9 Å². The fourth-order valence-electron chi connectivity index (χ4n) is 2.32. The SMILES string of the molecule is CN1C(=O)C(Br)[C@@H](c2cc(-c3ccc(F)c(N)c3)cs2)N=C1N. The maximum Gasteiger partial charge on any atom is 0.245 e. The van der Waals surface area contributed by atoms with Crippen LogP contribution >= 0.6 is 27.3 Å². The van der Waals surface area contributed by atoms with Crippen LogP contribution in [0.1, 0.15) is 10.9 Å². The van der Waals surface area contributed by atoms with Gasteiger partial charge in [0.25, 0.3) is 0 Å². The second-order valence-electron chi connectivity index (χ2n) is 5.21. The van der Waals surface area contributed by atoms with Crippen LogP contribution in [-0.4, -0.2) is 28.6 Å². The van der Waals surface area contributed by atoms with Crippen molar-refractivity contribution in [2.24, 2.45) is 10.7 Å². The number of carbonyl (C=O) groups is 1. The van der Waals surface area contributed by atoms with Crippen LogP contribution in [0.4, 0.5) is 10.1 Å². The molecule has 0 saturated carbocycles. The first kappa shape index (κ1) is 15.9. The summed E-state index contributed by atoms with van der Waals surface area (Å²) in [6, 6.07) is 6.14. The van der Waals surface area contributed by atoms with Crippen molar-refractivity contribution in [3.8, 4) is 11.1 Å². The van der Waals surface area contributed by atoms with E-state index in [9.17, 15) is 9.18 Å². The highest BCUT2D eigenvalue weighted by molar-refractivity contribution is 9.10. The minimum atomic E-state index is -0.468. The predicted molar refractivity (Wildman–Crippen MR) is 94.0 cm³/mol. The third-order valence-corrected chi connectivity index (χ3v) is 5.59. The molecule has 8 heteroatoms. The van der Waals surface area contributed by atoms with E-state index in [4.69, 9.17) is 11.5 Å². The standard InChI is InChI=1S/C15H14BrFN4OS/c1-21-14(22)12(16)13(20-15(21)19)11-5-8(6-23-11)7-2-3-9(17)10(18)4-7/h2-6,12-13H,18H2,1H3,(H2,19,20)/t12?,13-/m1/s1. The third-order valence-electron chi connectivity index (χ3n) is 3.70. The van der Waals surface area contributed by atoms with Crippen LogP contribution in [0.5, 0.6) is 0 Å². The van der Waals surface area contributed by atoms with Gasteiger partial charge in [0, 0.05) is 11.9 Å². The van der Waals surface area contributed by atoms with Gasteiger partial charge < -0.3 is 11.5 Å². The summed E-state index contributed by atoms with van der Waals surface area (Å²) < 4.78 is 13.3. The molecule has 0 fully saturated rings. The Morgan fingerprint density at radius 2 is 2.04 bits per heavy atom. The zero-order chi connectivity index (χ0) is 16.7. The van der Waals surface area contributed by atoms with Crippen LogP contribution in [-0.2, 0) is 4.79 Å². The summed E-state index contributed by atoms with van der Waals surface area (Å²) in [6.07, 6.45) is 0. The molecule has 3 rings (SSSR count). The highest BCUT2D eigenvalue weighted by Gasteiger charge is 2.35. The minimum Gasteiger partial charge on any atom is -0.396 e. The monoisotopic (exact) mass is 396 g/mol. The second-order valence-corrected chi connectivity index (χ2v) is 7.13. The summed E-state index contributed by atoms with van der Waals surface area (Å²) in [6.45, 7) is 0. The number of alkyl halides is 1. The number of amides is 1. The molecule has 0 aliphatic carbocycles. The fourth-order valence-corrected chi connectivity index (χ4v) is 4.19. The zero-order valence-electron chi connectivity index (χ0n) is 12.2. The second kappa shape index (κ2) is 5.93. The number of carbonyl (C=O) groups excluding carboxylic acids is 1. The Morgan fingerprint density at radius 1 is 1.30 bits per heavy atom. The van der Waals surface area contributed by atoms with Gasteiger partial charge in [-0.3, -0.25) is 9.69 Å². The van der Waals surface area contributed by atoms with Crippen LogP contribution in [0.3, 0.4) is 0 Å². The number of hydrogen-bond acceptors (Lipinski definition) is 5. The number of aliphatic imine (C=N–C) groups is 1. The number of guanidine groups is 1. The Labute approximate surface area is 144 Å². The lowest BCUT2D eigenvalue weighted by atomic mass is 10.1. The normalized spacial score (nSPS) is 21.4. The van der Waals surface area contributed by atoms with Crippen molar-refractivity contribution in [3.63, 3.8) is 0 Å². The smallest absolute Gasteiger partial charge is 0.245 e. The van der Waals surface area contributed by atoms with Crippen LogP contribution in [0.25, 0.3) is 11.1 Å². The number of nitrogens with zero attached hydrogens (tertiary/aromatic N) is 2. The molecule has 2 heterocycles. The van der Waals surface area contributed by atoms with Gasteiger partial charge in [0.1, 0.15) is 16.7 Å². The molecule has 4 N–H and O–H groups in total. The van der Waals surface area contributed by atoms with Gasteiger partial charge in [-0.2, -0.15) is 0 Å². The minimum absolute atomic E-state index is 0.102. The van der Waals surface area contributed by atoms with Gasteiger partial charge in [0.2, 0.25) is 5.91 Å². The lowest BCUT2D eigenvalue weighted by molar-refractivity contribution is -0.126. The summed E-state index contributed by atoms with van der Waals surface area (Å²) in [5.41, 5.74) is 13.2. The molecule has 0 saturated heterocycles. The molecule has 5 nitrogen and oxygen atoms in total. The molecule has 0 spiro atoms. The van der Waals surface area contributed by atoms with Crippen molar-refractivity contribution in [1.82, 2.24) is 4.90 Å². The maximum atomic E-state index is 13.3. The number of halogens is 2. The molecule has 2 atom stereocenters. The Hall–Kier alpha value is -1.93. The van der Waals surface area contributed by atoms with Crippen LogP contribution in [0.15, 0.2) is 34.6 Å². The van der Waals surface area contributed by atoms with Crippen molar-refractivity contribution < 1.29 is 9.18 Å². The lowest BCUT2D eigenvalue weighted by Gasteiger charge is -2.29. The quantitative estimate of drug-likeness (QED) is 0.604. The van der Waals surface area contributed by atoms with E-state index in [2.05, 4.69) is 20.9 Å². The van der Waals surface area contributed by atoms with Crippen LogP contribution in [0.2, 0.25) is 0 Å². The van der Waals surface area contributed by atoms with E-state index in [1.54, 1.807) is 19.2 Å². The average molecular weight is 397 g/mol. The highest BCUT2D eigenvalue weighted by Crippen LogP contribution is 2.37. The third kappa shape index (κ3) is 2.84. The molecule has 23 heavy (non-hydrogen) atoms. The number of rotatable bonds is 2. The number of nitrogen functional groups attached to an aromatic ring is 1. The first-order valence-electron chi connectivity index (χ1n) is 6.77. The van der Waals surface area contributed by atoms with Gasteiger partial charge >= 0.3 is 0 Å². The summed E-state index contributed by atoms with van der Waals surface area (Å²) in [4.78, 5) is 18.3. The van der Waals surface area contributed by atoms with Crippen molar-refractivity contribution in [1.29, 1.82) is 0 Å². The van der Waals surface area contributed by atoms with E-state index >= 15 is 0 Å². The lowest BCUT2D eigenvalue weighted by Crippen LogP contribution is -2.48. The Bertz CT molecular complexity index is 807. The van der Waals surface area contributed by atoms with E-state index in [1.807, 2.05) is 11.4 Å². The molecule has 1 aromatic carbocycles. The average Bonchev–Trinajstić information content (AvgIpc) is 3.01. The van der Waals surface area contributed by atoms with E-state index < -0.39 is 10.6 Å². The maximum absolute atomic E-state index is 13.3. The summed E-state index contributed by atoms with van der Waals surface area (Å²) in [5.74, 6) is -0.386. The molecule has 1 unspecified atom stereocenters. The summed E-state index contributed by atoms with van der Waals surface area (Å²) in [7, 11) is 1.59. The van der Waals surface area contributed by atoms with Crippen molar-refractivity contribution in [2.75, 3.05) is 12.8 Å². The van der Waals surface area contributed by atoms with E-state index in [0.29, 0.717) is 0 Å². The number of nitrogens with two attached hydrogens (primary N) is 2. The van der Waals surface area contributed by atoms with Gasteiger partial charge in [-0.15, -0.1) is 11.3 Å². The Kier molecular flexibility index (Phi) is 4.11. The van der Waals surface area contributed by atoms with E-state index in [1.165, 1.54) is 22.3 Å². The zero-order valence-corrected chi connectivity index (χ0v) is 14.6. The molecule has 0 radical (unpaired) electrons. The highest BCUT2D eigenvalue weighted by atomic mass is 79.9. The van der Waals surface area contributed by atoms with Crippen molar-refractivity contribution in [3.05, 3.63) is 40.3 Å². The predicted octanol–water partition coefficient (Wildman–Crippen LogP) is 2.73. The van der Waals surface area contributed by atoms with Gasteiger partial charge in [-0.1, -0.05) is 22.0 Å². The topological polar surface area (TPSA) is 84.7 Å². The fraction of sp³-hybridized carbons (Fsp3) is 0.200. The Morgan fingerprint density at radius 3 is 2.74 bits per heavy atom. The van der Waals surface area contributed by atoms with Gasteiger partial charge in [0.15, 0.2) is 5.96 Å². The summed E-state index contributed by atoms with van der Waals surface area (Å²) >= 11 is 4.87. The molecule has 1 aliphatic heterocycles. The molecule has 1 aromatic heterocycles. The number of hydrogen-bond donors (Lipinski definition) is 2. The number of anilines is 1. The van der Waals surface area contributed by atoms with Crippen molar-refractivity contribution >= 4 is 44.8 Å².